The van der Waals surface area contributed by atoms with Crippen LogP contribution in [0, 0.1) is 0 Å². The number of hydrazone groups is 1. The fourth-order valence-electron chi connectivity index (χ4n) is 2.12. The zero-order chi connectivity index (χ0) is 15.9. The van der Waals surface area contributed by atoms with Crippen molar-refractivity contribution >= 4 is 12.1 Å². The first-order valence-electron chi connectivity index (χ1n) is 7.24. The van der Waals surface area contributed by atoms with Crippen LogP contribution in [0.4, 0.5) is 0 Å². The van der Waals surface area contributed by atoms with E-state index in [1.807, 2.05) is 53.2 Å². The highest BCUT2D eigenvalue weighted by atomic mass is 16.2. The summed E-state index contributed by atoms with van der Waals surface area (Å²) in [5.74, 6) is -0.230. The fraction of sp³-hybridized carbons (Fsp3) is 0.0556. The van der Waals surface area contributed by atoms with Crippen LogP contribution in [0.15, 0.2) is 78.4 Å². The number of nitrogens with one attached hydrogen (secondary N) is 1. The molecule has 3 aromatic rings. The summed E-state index contributed by atoms with van der Waals surface area (Å²) in [5.41, 5.74) is 5.14. The lowest BCUT2D eigenvalue weighted by Crippen LogP contribution is -2.17. The summed E-state index contributed by atoms with van der Waals surface area (Å²) in [7, 11) is 0. The molecule has 0 unspecified atom stereocenters. The molecule has 0 spiro atoms. The number of rotatable bonds is 5. The Bertz CT molecular complexity index is 778. The van der Waals surface area contributed by atoms with Gasteiger partial charge in [0.15, 0.2) is 0 Å². The number of imidazole rings is 1. The molecule has 2 aromatic carbocycles. The molecule has 0 aliphatic carbocycles. The van der Waals surface area contributed by atoms with Crippen LogP contribution in [-0.2, 0) is 6.54 Å². The summed E-state index contributed by atoms with van der Waals surface area (Å²) in [5, 5.41) is 3.96. The van der Waals surface area contributed by atoms with Gasteiger partial charge >= 0.3 is 0 Å². The summed E-state index contributed by atoms with van der Waals surface area (Å²) in [6.45, 7) is 0.730. The van der Waals surface area contributed by atoms with Crippen molar-refractivity contribution in [2.75, 3.05) is 0 Å². The SMILES string of the molecule is O=C(NN=Cc1ccccc1)c1ccc(Cn2ccnc2)cc1. The first-order chi connectivity index (χ1) is 11.3. The lowest BCUT2D eigenvalue weighted by Gasteiger charge is -2.04. The molecule has 23 heavy (non-hydrogen) atoms. The van der Waals surface area contributed by atoms with E-state index >= 15 is 0 Å². The second kappa shape index (κ2) is 7.17. The number of hydrogen-bond donors (Lipinski definition) is 1. The Morgan fingerprint density at radius 1 is 1.13 bits per heavy atom. The zero-order valence-corrected chi connectivity index (χ0v) is 12.5. The highest BCUT2D eigenvalue weighted by Crippen LogP contribution is 2.06. The van der Waals surface area contributed by atoms with Gasteiger partial charge in [0.05, 0.1) is 12.5 Å². The van der Waals surface area contributed by atoms with Gasteiger partial charge in [0.25, 0.3) is 5.91 Å². The molecule has 5 heteroatoms. The number of aromatic nitrogens is 2. The smallest absolute Gasteiger partial charge is 0.271 e. The Kier molecular flexibility index (Phi) is 4.59. The molecule has 1 heterocycles. The molecule has 1 aromatic heterocycles. The van der Waals surface area contributed by atoms with Gasteiger partial charge in [-0.15, -0.1) is 0 Å². The minimum atomic E-state index is -0.230. The molecule has 0 aliphatic rings. The molecule has 0 bridgehead atoms. The molecule has 1 N–H and O–H groups in total. The van der Waals surface area contributed by atoms with Gasteiger partial charge in [-0.05, 0) is 23.3 Å². The molecule has 0 saturated heterocycles. The molecule has 0 fully saturated rings. The van der Waals surface area contributed by atoms with E-state index in [4.69, 9.17) is 0 Å². The summed E-state index contributed by atoms with van der Waals surface area (Å²) in [6, 6.07) is 17.0. The molecule has 5 nitrogen and oxygen atoms in total. The average Bonchev–Trinajstić information content (AvgIpc) is 3.09. The zero-order valence-electron chi connectivity index (χ0n) is 12.5. The van der Waals surface area contributed by atoms with E-state index in [-0.39, 0.29) is 5.91 Å². The van der Waals surface area contributed by atoms with Gasteiger partial charge in [-0.1, -0.05) is 42.5 Å². The number of carbonyl (C=O) groups excluding carboxylic acids is 1. The van der Waals surface area contributed by atoms with Crippen LogP contribution in [-0.4, -0.2) is 21.7 Å². The summed E-state index contributed by atoms with van der Waals surface area (Å²) in [6.07, 6.45) is 7.02. The molecule has 0 aliphatic heterocycles. The van der Waals surface area contributed by atoms with Gasteiger partial charge in [-0.2, -0.15) is 5.10 Å². The Balaban J connectivity index is 1.58. The molecule has 0 saturated carbocycles. The Morgan fingerprint density at radius 3 is 2.61 bits per heavy atom. The third kappa shape index (κ3) is 4.14. The van der Waals surface area contributed by atoms with Crippen LogP contribution in [0.1, 0.15) is 21.5 Å². The monoisotopic (exact) mass is 304 g/mol. The van der Waals surface area contributed by atoms with E-state index in [1.165, 1.54) is 0 Å². The van der Waals surface area contributed by atoms with Crippen LogP contribution in [0.5, 0.6) is 0 Å². The predicted octanol–water partition coefficient (Wildman–Crippen LogP) is 2.70. The number of nitrogens with zero attached hydrogens (tertiary/aromatic N) is 3. The van der Waals surface area contributed by atoms with E-state index in [0.29, 0.717) is 5.56 Å². The second-order valence-electron chi connectivity index (χ2n) is 5.04. The van der Waals surface area contributed by atoms with Crippen LogP contribution >= 0.6 is 0 Å². The second-order valence-corrected chi connectivity index (χ2v) is 5.04. The van der Waals surface area contributed by atoms with Crippen molar-refractivity contribution in [3.05, 3.63) is 90.0 Å². The van der Waals surface area contributed by atoms with Gasteiger partial charge in [0, 0.05) is 24.5 Å². The number of carbonyl (C=O) groups is 1. The van der Waals surface area contributed by atoms with Crippen LogP contribution in [0.3, 0.4) is 0 Å². The molecular weight excluding hydrogens is 288 g/mol. The van der Waals surface area contributed by atoms with Crippen molar-refractivity contribution in [1.29, 1.82) is 0 Å². The molecule has 0 atom stereocenters. The lowest BCUT2D eigenvalue weighted by atomic mass is 10.1. The minimum Gasteiger partial charge on any atom is -0.333 e. The number of amides is 1. The number of benzene rings is 2. The predicted molar refractivity (Wildman–Crippen MR) is 89.3 cm³/mol. The quantitative estimate of drug-likeness (QED) is 0.582. The highest BCUT2D eigenvalue weighted by molar-refractivity contribution is 5.94. The maximum Gasteiger partial charge on any atom is 0.271 e. The van der Waals surface area contributed by atoms with E-state index in [9.17, 15) is 4.79 Å². The van der Waals surface area contributed by atoms with Crippen LogP contribution in [0.2, 0.25) is 0 Å². The van der Waals surface area contributed by atoms with Crippen molar-refractivity contribution in [2.45, 2.75) is 6.54 Å². The Labute approximate surface area is 134 Å². The topological polar surface area (TPSA) is 59.3 Å². The first-order valence-corrected chi connectivity index (χ1v) is 7.24. The standard InChI is InChI=1S/C18H16N4O/c23-18(21-20-12-15-4-2-1-3-5-15)17-8-6-16(7-9-17)13-22-11-10-19-14-22/h1-12,14H,13H2,(H,21,23). The van der Waals surface area contributed by atoms with Gasteiger partial charge in [-0.3, -0.25) is 4.79 Å². The maximum absolute atomic E-state index is 12.0. The van der Waals surface area contributed by atoms with Crippen molar-refractivity contribution in [3.63, 3.8) is 0 Å². The van der Waals surface area contributed by atoms with Gasteiger partial charge < -0.3 is 4.57 Å². The molecule has 0 radical (unpaired) electrons. The van der Waals surface area contributed by atoms with Crippen molar-refractivity contribution in [3.8, 4) is 0 Å². The summed E-state index contributed by atoms with van der Waals surface area (Å²) >= 11 is 0. The first kappa shape index (κ1) is 14.7. The van der Waals surface area contributed by atoms with Crippen molar-refractivity contribution in [1.82, 2.24) is 15.0 Å². The summed E-state index contributed by atoms with van der Waals surface area (Å²) < 4.78 is 1.97. The van der Waals surface area contributed by atoms with Crippen molar-refractivity contribution in [2.24, 2.45) is 5.10 Å². The largest absolute Gasteiger partial charge is 0.333 e. The van der Waals surface area contributed by atoms with Gasteiger partial charge in [0.1, 0.15) is 0 Å². The van der Waals surface area contributed by atoms with E-state index in [1.54, 1.807) is 30.9 Å². The molecule has 114 valence electrons. The molecule has 3 rings (SSSR count). The van der Waals surface area contributed by atoms with E-state index in [2.05, 4.69) is 15.5 Å². The fourth-order valence-corrected chi connectivity index (χ4v) is 2.12. The summed E-state index contributed by atoms with van der Waals surface area (Å²) in [4.78, 5) is 16.0. The molecular formula is C18H16N4O. The third-order valence-electron chi connectivity index (χ3n) is 3.32. The van der Waals surface area contributed by atoms with Crippen molar-refractivity contribution < 1.29 is 4.79 Å². The van der Waals surface area contributed by atoms with E-state index < -0.39 is 0 Å². The van der Waals surface area contributed by atoms with E-state index in [0.717, 1.165) is 17.7 Å². The Morgan fingerprint density at radius 2 is 1.91 bits per heavy atom. The number of hydrogen-bond acceptors (Lipinski definition) is 3. The average molecular weight is 304 g/mol. The Hall–Kier alpha value is -3.21. The maximum atomic E-state index is 12.0. The minimum absolute atomic E-state index is 0.230. The third-order valence-corrected chi connectivity index (χ3v) is 3.32. The lowest BCUT2D eigenvalue weighted by molar-refractivity contribution is 0.0955. The van der Waals surface area contributed by atoms with Gasteiger partial charge in [-0.25, -0.2) is 10.4 Å². The van der Waals surface area contributed by atoms with Gasteiger partial charge in [0.2, 0.25) is 0 Å². The molecule has 1 amide bonds. The van der Waals surface area contributed by atoms with Crippen LogP contribution < -0.4 is 5.43 Å². The normalized spacial score (nSPS) is 10.8. The highest BCUT2D eigenvalue weighted by Gasteiger charge is 2.04. The van der Waals surface area contributed by atoms with Crippen LogP contribution in [0.25, 0.3) is 0 Å².